The lowest BCUT2D eigenvalue weighted by Gasteiger charge is -2.42. The van der Waals surface area contributed by atoms with Crippen LogP contribution in [0.25, 0.3) is 5.65 Å². The van der Waals surface area contributed by atoms with Crippen LogP contribution in [0, 0.1) is 12.3 Å². The molecule has 42 heavy (non-hydrogen) atoms. The number of rotatable bonds is 6. The number of hydrogen-bond donors (Lipinski definition) is 2. The fourth-order valence-electron chi connectivity index (χ4n) is 6.60. The van der Waals surface area contributed by atoms with Gasteiger partial charge in [0.25, 0.3) is 5.91 Å². The third-order valence-electron chi connectivity index (χ3n) is 9.12. The third-order valence-corrected chi connectivity index (χ3v) is 9.12. The summed E-state index contributed by atoms with van der Waals surface area (Å²) in [6.07, 6.45) is 3.02. The number of anilines is 2. The van der Waals surface area contributed by atoms with E-state index in [-0.39, 0.29) is 34.3 Å². The molecule has 1 spiro atoms. The molecular weight excluding hydrogens is 534 g/mol. The summed E-state index contributed by atoms with van der Waals surface area (Å²) in [6, 6.07) is 17.5. The van der Waals surface area contributed by atoms with Gasteiger partial charge in [0, 0.05) is 31.6 Å². The average molecular weight is 568 g/mol. The second-order valence-electron chi connectivity index (χ2n) is 12.1. The molecule has 1 aromatic carbocycles. The zero-order chi connectivity index (χ0) is 29.1. The lowest BCUT2D eigenvalue weighted by atomic mass is 9.81. The number of ether oxygens (including phenoxy) is 1. The highest BCUT2D eigenvalue weighted by Gasteiger charge is 2.53. The van der Waals surface area contributed by atoms with E-state index in [1.807, 2.05) is 18.0 Å². The van der Waals surface area contributed by atoms with Crippen molar-refractivity contribution < 1.29 is 19.4 Å². The van der Waals surface area contributed by atoms with Crippen molar-refractivity contribution in [1.29, 1.82) is 0 Å². The number of nitrogens with one attached hydrogen (secondary N) is 1. The molecule has 7 rings (SSSR count). The zero-order valence-corrected chi connectivity index (χ0v) is 23.7. The van der Waals surface area contributed by atoms with Crippen LogP contribution in [0.1, 0.15) is 45.6 Å². The lowest BCUT2D eigenvalue weighted by Crippen LogP contribution is -2.57. The van der Waals surface area contributed by atoms with Crippen molar-refractivity contribution in [3.63, 3.8) is 0 Å². The fourth-order valence-corrected chi connectivity index (χ4v) is 6.60. The monoisotopic (exact) mass is 567 g/mol. The van der Waals surface area contributed by atoms with Crippen molar-refractivity contribution in [2.24, 2.45) is 5.41 Å². The first-order valence-corrected chi connectivity index (χ1v) is 14.2. The van der Waals surface area contributed by atoms with Crippen molar-refractivity contribution in [2.75, 3.05) is 49.2 Å². The minimum absolute atomic E-state index is 0.0128. The van der Waals surface area contributed by atoms with Crippen LogP contribution < -0.4 is 15.1 Å². The number of carbonyl (C=O) groups is 2. The first-order valence-electron chi connectivity index (χ1n) is 14.2. The van der Waals surface area contributed by atoms with Crippen LogP contribution in [0.3, 0.4) is 0 Å². The Balaban J connectivity index is 1.09. The number of nitrogens with zero attached hydrogens (tertiary/aromatic N) is 6. The predicted molar refractivity (Wildman–Crippen MR) is 156 cm³/mol. The van der Waals surface area contributed by atoms with E-state index >= 15 is 0 Å². The molecule has 2 atom stereocenters. The topological polar surface area (TPSA) is 125 Å². The number of carbonyl (C=O) groups excluding carboxylic acids is 1. The number of aromatic carboxylic acids is 1. The van der Waals surface area contributed by atoms with Crippen molar-refractivity contribution >= 4 is 29.0 Å². The van der Waals surface area contributed by atoms with Gasteiger partial charge in [-0.2, -0.15) is 0 Å². The molecule has 3 fully saturated rings. The van der Waals surface area contributed by atoms with Gasteiger partial charge in [0.15, 0.2) is 11.3 Å². The van der Waals surface area contributed by atoms with Crippen LogP contribution in [0.2, 0.25) is 0 Å². The minimum atomic E-state index is -1.08. The normalized spacial score (nSPS) is 23.0. The Kier molecular flexibility index (Phi) is 6.16. The number of hydrogen-bond acceptors (Lipinski definition) is 8. The number of aryl methyl sites for hydroxylation is 1. The van der Waals surface area contributed by atoms with Gasteiger partial charge in [0.2, 0.25) is 5.82 Å². The molecule has 6 heterocycles. The van der Waals surface area contributed by atoms with Crippen molar-refractivity contribution in [1.82, 2.24) is 24.9 Å². The summed E-state index contributed by atoms with van der Waals surface area (Å²) in [5, 5.41) is 17.1. The summed E-state index contributed by atoms with van der Waals surface area (Å²) >= 11 is 0. The van der Waals surface area contributed by atoms with Gasteiger partial charge in [0.1, 0.15) is 5.82 Å². The maximum Gasteiger partial charge on any atom is 0.354 e. The van der Waals surface area contributed by atoms with E-state index in [2.05, 4.69) is 68.6 Å². The van der Waals surface area contributed by atoms with Crippen molar-refractivity contribution in [3.8, 4) is 0 Å². The second-order valence-corrected chi connectivity index (χ2v) is 12.1. The van der Waals surface area contributed by atoms with E-state index in [0.29, 0.717) is 37.8 Å². The molecule has 3 aromatic heterocycles. The number of aromatic nitrogens is 4. The van der Waals surface area contributed by atoms with Crippen LogP contribution in [0.4, 0.5) is 11.5 Å². The molecule has 216 valence electrons. The van der Waals surface area contributed by atoms with Gasteiger partial charge in [0.05, 0.1) is 36.6 Å². The molecule has 0 bridgehead atoms. The van der Waals surface area contributed by atoms with Crippen LogP contribution >= 0.6 is 0 Å². The summed E-state index contributed by atoms with van der Waals surface area (Å²) in [7, 11) is 0. The van der Waals surface area contributed by atoms with Gasteiger partial charge >= 0.3 is 5.97 Å². The van der Waals surface area contributed by atoms with Gasteiger partial charge in [-0.15, -0.1) is 5.10 Å². The number of pyridine rings is 2. The van der Waals surface area contributed by atoms with Gasteiger partial charge in [-0.25, -0.2) is 19.3 Å². The summed E-state index contributed by atoms with van der Waals surface area (Å²) in [5.74, 6) is -0.736. The zero-order valence-electron chi connectivity index (χ0n) is 23.7. The van der Waals surface area contributed by atoms with Gasteiger partial charge in [-0.1, -0.05) is 43.3 Å². The molecule has 0 aliphatic carbocycles. The third kappa shape index (κ3) is 4.44. The Hall–Kier alpha value is -4.51. The second kappa shape index (κ2) is 9.80. The summed E-state index contributed by atoms with van der Waals surface area (Å²) in [5.41, 5.74) is 3.78. The molecule has 0 saturated carbocycles. The number of benzene rings is 1. The number of fused-ring (bicyclic) bond motifs is 1. The Bertz CT molecular complexity index is 1690. The lowest BCUT2D eigenvalue weighted by molar-refractivity contribution is -0.110. The molecule has 2 N–H and O–H groups in total. The van der Waals surface area contributed by atoms with E-state index in [1.165, 1.54) is 11.6 Å². The Morgan fingerprint density at radius 3 is 2.60 bits per heavy atom. The average Bonchev–Trinajstić information content (AvgIpc) is 3.69. The molecule has 4 aromatic rings. The fraction of sp³-hybridized carbons (Fsp3) is 0.387. The smallest absolute Gasteiger partial charge is 0.354 e. The van der Waals surface area contributed by atoms with Crippen molar-refractivity contribution in [2.45, 2.75) is 31.7 Å². The van der Waals surface area contributed by atoms with E-state index in [9.17, 15) is 14.7 Å². The quantitative estimate of drug-likeness (QED) is 0.362. The molecule has 11 nitrogen and oxygen atoms in total. The number of carboxylic acid groups (broad SMARTS) is 1. The van der Waals surface area contributed by atoms with E-state index in [1.54, 1.807) is 16.6 Å². The maximum absolute atomic E-state index is 13.5. The van der Waals surface area contributed by atoms with Crippen LogP contribution in [0.15, 0.2) is 60.8 Å². The van der Waals surface area contributed by atoms with Gasteiger partial charge in [-0.05, 0) is 42.7 Å². The van der Waals surface area contributed by atoms with E-state index < -0.39 is 5.97 Å². The molecule has 1 unspecified atom stereocenters. The Morgan fingerprint density at radius 1 is 1.05 bits per heavy atom. The molecular formula is C31H33N7O4. The van der Waals surface area contributed by atoms with Crippen LogP contribution in [-0.2, 0) is 10.2 Å². The molecule has 3 aliphatic rings. The van der Waals surface area contributed by atoms with Gasteiger partial charge < -0.3 is 25.0 Å². The standard InChI is InChI=1S/C31H33N7O4/c1-20-13-22(36-12-11-30(2,16-36)21-7-4-3-5-8-21)14-38-27(20)34-26(35-38)28(39)33-24-15-37(17-31(24)18-42-19-31)25-10-6-9-23(32-25)29(40)41/h3-10,13-14,24H,11-12,15-19H2,1-2H3,(H,33,39)(H,40,41)/t24?,30-/m0/s1. The maximum atomic E-state index is 13.5. The molecule has 1 amide bonds. The van der Waals surface area contributed by atoms with E-state index in [4.69, 9.17) is 4.74 Å². The van der Waals surface area contributed by atoms with E-state index in [0.717, 1.165) is 30.8 Å². The van der Waals surface area contributed by atoms with Crippen LogP contribution in [-0.4, -0.2) is 82.0 Å². The molecule has 11 heteroatoms. The first-order chi connectivity index (χ1) is 20.2. The highest BCUT2D eigenvalue weighted by atomic mass is 16.5. The molecule has 0 radical (unpaired) electrons. The minimum Gasteiger partial charge on any atom is -0.477 e. The summed E-state index contributed by atoms with van der Waals surface area (Å²) in [4.78, 5) is 38.2. The highest BCUT2D eigenvalue weighted by molar-refractivity contribution is 5.91. The predicted octanol–water partition coefficient (Wildman–Crippen LogP) is 2.93. The molecule has 3 aliphatic heterocycles. The Morgan fingerprint density at radius 2 is 1.86 bits per heavy atom. The largest absolute Gasteiger partial charge is 0.477 e. The Labute approximate surface area is 243 Å². The first kappa shape index (κ1) is 26.4. The van der Waals surface area contributed by atoms with Gasteiger partial charge in [-0.3, -0.25) is 4.79 Å². The highest BCUT2D eigenvalue weighted by Crippen LogP contribution is 2.40. The summed E-state index contributed by atoms with van der Waals surface area (Å²) in [6.45, 7) is 8.24. The van der Waals surface area contributed by atoms with Crippen LogP contribution in [0.5, 0.6) is 0 Å². The van der Waals surface area contributed by atoms with Crippen molar-refractivity contribution in [3.05, 3.63) is 83.4 Å². The molecule has 3 saturated heterocycles. The SMILES string of the molecule is Cc1cc(N2CC[C@](C)(c3ccccc3)C2)cn2nc(C(=O)NC3CN(c4cccc(C(=O)O)n4)CC34COC4)nc12. The summed E-state index contributed by atoms with van der Waals surface area (Å²) < 4.78 is 7.27. The number of carboxylic acids is 1. The number of amides is 1.